The summed E-state index contributed by atoms with van der Waals surface area (Å²) in [6.07, 6.45) is 6.16. The number of carbonyl (C=O) groups excluding carboxylic acids is 5. The molecule has 0 radical (unpaired) electrons. The molecule has 38 heavy (non-hydrogen) atoms. The van der Waals surface area contributed by atoms with Crippen LogP contribution in [0.3, 0.4) is 0 Å². The van der Waals surface area contributed by atoms with Crippen LogP contribution in [0.25, 0.3) is 0 Å². The number of hydrogen-bond acceptors (Lipinski definition) is 7. The summed E-state index contributed by atoms with van der Waals surface area (Å²) in [5.74, 6) is -1.20. The average Bonchev–Trinajstić information content (AvgIpc) is 3.56. The van der Waals surface area contributed by atoms with Gasteiger partial charge in [-0.1, -0.05) is 25.0 Å². The minimum atomic E-state index is -0.623. The summed E-state index contributed by atoms with van der Waals surface area (Å²) < 4.78 is 4.51. The van der Waals surface area contributed by atoms with Gasteiger partial charge in [0.1, 0.15) is 12.1 Å². The number of nitrogens with two attached hydrogens (primary N) is 1. The Bertz CT molecular complexity index is 1020. The second-order valence-electron chi connectivity index (χ2n) is 9.95. The highest BCUT2D eigenvalue weighted by Gasteiger charge is 2.43. The number of nitrogens with one attached hydrogen (secondary N) is 3. The molecule has 11 nitrogen and oxygen atoms in total. The molecule has 3 fully saturated rings. The smallest absolute Gasteiger partial charge is 0.305 e. The van der Waals surface area contributed by atoms with E-state index in [0.29, 0.717) is 31.4 Å². The summed E-state index contributed by atoms with van der Waals surface area (Å²) in [6, 6.07) is 5.21. The summed E-state index contributed by atoms with van der Waals surface area (Å²) in [4.78, 5) is 61.9. The van der Waals surface area contributed by atoms with Gasteiger partial charge in [0.05, 0.1) is 12.6 Å². The molecule has 4 atom stereocenters. The van der Waals surface area contributed by atoms with Crippen LogP contribution in [-0.2, 0) is 30.5 Å². The Morgan fingerprint density at radius 3 is 2.50 bits per heavy atom. The van der Waals surface area contributed by atoms with Crippen LogP contribution in [0.4, 0.5) is 0 Å². The Balaban J connectivity index is 0.000000585. The number of esters is 1. The zero-order valence-electron chi connectivity index (χ0n) is 22.2. The fraction of sp³-hybridized carbons (Fsp3) is 0.593. The molecule has 11 heteroatoms. The van der Waals surface area contributed by atoms with Crippen molar-refractivity contribution in [3.63, 3.8) is 0 Å². The molecule has 4 rings (SSSR count). The number of fused-ring (bicyclic) bond motifs is 1. The van der Waals surface area contributed by atoms with Crippen LogP contribution in [0.1, 0.15) is 74.2 Å². The number of cyclic esters (lactones) is 1. The van der Waals surface area contributed by atoms with Crippen LogP contribution in [-0.4, -0.2) is 72.3 Å². The molecule has 1 aromatic carbocycles. The number of nitrogens with zero attached hydrogens (tertiary/aromatic N) is 1. The minimum Gasteiger partial charge on any atom is -0.466 e. The van der Waals surface area contributed by atoms with E-state index >= 15 is 0 Å². The van der Waals surface area contributed by atoms with Gasteiger partial charge in [0.15, 0.2) is 0 Å². The van der Waals surface area contributed by atoms with Gasteiger partial charge in [-0.15, -0.1) is 0 Å². The Kier molecular flexibility index (Phi) is 10.6. The third-order valence-electron chi connectivity index (χ3n) is 7.25. The monoisotopic (exact) mass is 529 g/mol. The van der Waals surface area contributed by atoms with Gasteiger partial charge in [-0.3, -0.25) is 24.0 Å². The quantitative estimate of drug-likeness (QED) is 0.379. The summed E-state index contributed by atoms with van der Waals surface area (Å²) in [5.41, 5.74) is 6.46. The van der Waals surface area contributed by atoms with E-state index in [0.717, 1.165) is 37.7 Å². The second kappa shape index (κ2) is 13.9. The third-order valence-corrected chi connectivity index (χ3v) is 7.25. The van der Waals surface area contributed by atoms with Crippen molar-refractivity contribution < 1.29 is 28.7 Å². The van der Waals surface area contributed by atoms with E-state index < -0.39 is 24.0 Å². The number of carbonyl (C=O) groups is 5. The topological polar surface area (TPSA) is 160 Å². The first-order chi connectivity index (χ1) is 18.2. The lowest BCUT2D eigenvalue weighted by Crippen LogP contribution is -2.57. The van der Waals surface area contributed by atoms with Crippen LogP contribution in [0, 0.1) is 0 Å². The van der Waals surface area contributed by atoms with Crippen molar-refractivity contribution in [3.8, 4) is 0 Å². The van der Waals surface area contributed by atoms with Gasteiger partial charge in [0, 0.05) is 24.6 Å². The molecule has 3 heterocycles. The number of rotatable bonds is 7. The van der Waals surface area contributed by atoms with E-state index in [1.165, 1.54) is 0 Å². The summed E-state index contributed by atoms with van der Waals surface area (Å²) in [5, 5.41) is 8.65. The van der Waals surface area contributed by atoms with E-state index in [1.54, 1.807) is 43.1 Å². The summed E-state index contributed by atoms with van der Waals surface area (Å²) in [7, 11) is 1.69. The number of ether oxygens (including phenoxy) is 1. The van der Waals surface area contributed by atoms with Crippen LogP contribution >= 0.6 is 0 Å². The molecule has 3 saturated heterocycles. The maximum absolute atomic E-state index is 13.4. The van der Waals surface area contributed by atoms with Crippen molar-refractivity contribution in [3.05, 3.63) is 35.4 Å². The van der Waals surface area contributed by atoms with Crippen molar-refractivity contribution in [2.75, 3.05) is 13.7 Å². The third kappa shape index (κ3) is 7.77. The lowest BCUT2D eigenvalue weighted by atomic mass is 9.98. The molecular formula is C27H39N5O6. The molecule has 0 spiro atoms. The van der Waals surface area contributed by atoms with Gasteiger partial charge in [-0.05, 0) is 63.8 Å². The molecule has 4 unspecified atom stereocenters. The van der Waals surface area contributed by atoms with Gasteiger partial charge in [-0.2, -0.15) is 0 Å². The van der Waals surface area contributed by atoms with Crippen LogP contribution in [0.5, 0.6) is 0 Å². The van der Waals surface area contributed by atoms with Crippen molar-refractivity contribution >= 4 is 29.6 Å². The molecule has 1 aromatic rings. The predicted octanol–water partition coefficient (Wildman–Crippen LogP) is 0.751. The van der Waals surface area contributed by atoms with Gasteiger partial charge in [0.2, 0.25) is 23.6 Å². The lowest BCUT2D eigenvalue weighted by molar-refractivity contribution is -0.144. The van der Waals surface area contributed by atoms with Crippen molar-refractivity contribution in [2.45, 2.75) is 89.0 Å². The first-order valence-corrected chi connectivity index (χ1v) is 13.3. The Labute approximate surface area is 223 Å². The summed E-state index contributed by atoms with van der Waals surface area (Å²) in [6.45, 7) is 2.62. The maximum atomic E-state index is 13.4. The predicted molar refractivity (Wildman–Crippen MR) is 140 cm³/mol. The van der Waals surface area contributed by atoms with Gasteiger partial charge < -0.3 is 31.3 Å². The molecule has 0 aromatic heterocycles. The van der Waals surface area contributed by atoms with E-state index in [2.05, 4.69) is 20.7 Å². The Morgan fingerprint density at radius 1 is 1.11 bits per heavy atom. The fourth-order valence-electron chi connectivity index (χ4n) is 4.97. The van der Waals surface area contributed by atoms with Gasteiger partial charge in [-0.25, -0.2) is 0 Å². The highest BCUT2D eigenvalue weighted by Crippen LogP contribution is 2.31. The van der Waals surface area contributed by atoms with E-state index in [1.807, 2.05) is 0 Å². The van der Waals surface area contributed by atoms with E-state index in [9.17, 15) is 24.0 Å². The van der Waals surface area contributed by atoms with Crippen molar-refractivity contribution in [1.29, 1.82) is 0 Å². The first-order valence-electron chi connectivity index (χ1n) is 13.3. The molecule has 0 aliphatic carbocycles. The molecule has 5 N–H and O–H groups in total. The molecule has 3 aliphatic rings. The van der Waals surface area contributed by atoms with E-state index in [4.69, 9.17) is 5.73 Å². The standard InChI is InChI=1S/C23H33N5O4.C4H6O2/c1-14(25-2)21(30)27-18-9-4-3-8-17-10-11-19(28(17)23(18)32)22(31)26-13-15-6-5-7-16(12-15)20(24)29;5-4-2-1-3-6-4/h5-7,12,14,17-19,25H,3-4,8-11,13H2,1-2H3,(H2,24,29)(H,26,31)(H,27,30);1-3H2. The van der Waals surface area contributed by atoms with Crippen molar-refractivity contribution in [2.24, 2.45) is 5.73 Å². The highest BCUT2D eigenvalue weighted by molar-refractivity contribution is 5.94. The first kappa shape index (κ1) is 29.1. The van der Waals surface area contributed by atoms with Crippen LogP contribution in [0.2, 0.25) is 0 Å². The summed E-state index contributed by atoms with van der Waals surface area (Å²) >= 11 is 0. The zero-order valence-corrected chi connectivity index (χ0v) is 22.2. The lowest BCUT2D eigenvalue weighted by Gasteiger charge is -2.35. The molecule has 4 amide bonds. The largest absolute Gasteiger partial charge is 0.466 e. The number of hydrogen-bond donors (Lipinski definition) is 4. The Hall–Kier alpha value is -3.47. The molecule has 0 saturated carbocycles. The number of likely N-dealkylation sites (N-methyl/N-ethyl adjacent to an activating group) is 1. The van der Waals surface area contributed by atoms with Crippen LogP contribution in [0.15, 0.2) is 24.3 Å². The normalized spacial score (nSPS) is 23.6. The SMILES string of the molecule is CNC(C)C(=O)NC1CCCCC2CCC(C(=O)NCc3cccc(C(N)=O)c3)N2C1=O.O=C1CCCO1. The fourth-order valence-corrected chi connectivity index (χ4v) is 4.97. The van der Waals surface area contributed by atoms with E-state index in [-0.39, 0.29) is 36.3 Å². The zero-order chi connectivity index (χ0) is 27.7. The maximum Gasteiger partial charge on any atom is 0.305 e. The molecular weight excluding hydrogens is 490 g/mol. The molecule has 0 bridgehead atoms. The number of primary amides is 1. The average molecular weight is 530 g/mol. The van der Waals surface area contributed by atoms with Gasteiger partial charge in [0.25, 0.3) is 0 Å². The molecule has 3 aliphatic heterocycles. The number of amides is 4. The Morgan fingerprint density at radius 2 is 1.87 bits per heavy atom. The highest BCUT2D eigenvalue weighted by atomic mass is 16.5. The van der Waals surface area contributed by atoms with Crippen LogP contribution < -0.4 is 21.7 Å². The van der Waals surface area contributed by atoms with Gasteiger partial charge >= 0.3 is 5.97 Å². The second-order valence-corrected chi connectivity index (χ2v) is 9.95. The van der Waals surface area contributed by atoms with Crippen molar-refractivity contribution in [1.82, 2.24) is 20.9 Å². The minimum absolute atomic E-state index is 0.0119. The molecule has 208 valence electrons. The number of benzene rings is 1.